The molecule has 1 fully saturated rings. The zero-order chi connectivity index (χ0) is 17.1. The molecule has 0 radical (unpaired) electrons. The zero-order valence-corrected chi connectivity index (χ0v) is 13.7. The van der Waals surface area contributed by atoms with Crippen LogP contribution in [0.25, 0.3) is 5.78 Å². The van der Waals surface area contributed by atoms with E-state index in [9.17, 15) is 9.59 Å². The van der Waals surface area contributed by atoms with Crippen LogP contribution in [-0.4, -0.2) is 69.3 Å². The summed E-state index contributed by atoms with van der Waals surface area (Å²) in [5, 5.41) is 4.08. The fourth-order valence-electron chi connectivity index (χ4n) is 2.65. The zero-order valence-electron chi connectivity index (χ0n) is 13.7. The molecule has 0 unspecified atom stereocenters. The van der Waals surface area contributed by atoms with Crippen molar-refractivity contribution in [1.29, 1.82) is 0 Å². The summed E-state index contributed by atoms with van der Waals surface area (Å²) in [4.78, 5) is 34.1. The summed E-state index contributed by atoms with van der Waals surface area (Å²) in [6.45, 7) is 5.49. The van der Waals surface area contributed by atoms with Crippen LogP contribution >= 0.6 is 0 Å². The van der Waals surface area contributed by atoms with Crippen molar-refractivity contribution in [3.8, 4) is 0 Å². The van der Waals surface area contributed by atoms with E-state index in [1.807, 2.05) is 13.8 Å². The first-order chi connectivity index (χ1) is 11.6. The number of nitrogens with zero attached hydrogens (tertiary/aromatic N) is 5. The highest BCUT2D eigenvalue weighted by Gasteiger charge is 2.20. The summed E-state index contributed by atoms with van der Waals surface area (Å²) in [6.07, 6.45) is 1.45. The van der Waals surface area contributed by atoms with Crippen molar-refractivity contribution in [2.45, 2.75) is 20.3 Å². The lowest BCUT2D eigenvalue weighted by Crippen LogP contribution is -2.42. The number of esters is 1. The molecule has 0 spiro atoms. The van der Waals surface area contributed by atoms with Crippen molar-refractivity contribution < 1.29 is 19.1 Å². The quantitative estimate of drug-likeness (QED) is 0.707. The Morgan fingerprint density at radius 2 is 2.04 bits per heavy atom. The summed E-state index contributed by atoms with van der Waals surface area (Å²) in [5.74, 6) is -0.182. The van der Waals surface area contributed by atoms with Gasteiger partial charge in [0.05, 0.1) is 19.6 Å². The first-order valence-electron chi connectivity index (χ1n) is 7.73. The second kappa shape index (κ2) is 6.91. The standard InChI is InChI=1S/C15H19N5O4/c1-10-12(11(2)20-15(18-10)16-9-17-20)7-14(22)24-8-13(21)19-3-5-23-6-4-19/h9H,3-8H2,1-2H3. The molecule has 0 aromatic carbocycles. The van der Waals surface area contributed by atoms with Crippen molar-refractivity contribution in [1.82, 2.24) is 24.5 Å². The maximum absolute atomic E-state index is 12.1. The minimum absolute atomic E-state index is 0.0385. The van der Waals surface area contributed by atoms with Gasteiger partial charge in [-0.1, -0.05) is 0 Å². The van der Waals surface area contributed by atoms with Gasteiger partial charge in [0, 0.05) is 30.0 Å². The number of carbonyl (C=O) groups is 2. The molecule has 0 saturated carbocycles. The maximum Gasteiger partial charge on any atom is 0.310 e. The van der Waals surface area contributed by atoms with Gasteiger partial charge < -0.3 is 14.4 Å². The molecule has 1 amide bonds. The van der Waals surface area contributed by atoms with Crippen LogP contribution in [0.2, 0.25) is 0 Å². The fraction of sp³-hybridized carbons (Fsp3) is 0.533. The van der Waals surface area contributed by atoms with Crippen LogP contribution in [0.4, 0.5) is 0 Å². The summed E-state index contributed by atoms with van der Waals surface area (Å²) in [5.41, 5.74) is 2.22. The van der Waals surface area contributed by atoms with Crippen LogP contribution < -0.4 is 0 Å². The number of aromatic nitrogens is 4. The lowest BCUT2D eigenvalue weighted by Gasteiger charge is -2.26. The smallest absolute Gasteiger partial charge is 0.310 e. The monoisotopic (exact) mass is 333 g/mol. The lowest BCUT2D eigenvalue weighted by molar-refractivity contribution is -0.153. The van der Waals surface area contributed by atoms with E-state index >= 15 is 0 Å². The van der Waals surface area contributed by atoms with Crippen molar-refractivity contribution >= 4 is 17.7 Å². The van der Waals surface area contributed by atoms with Gasteiger partial charge in [0.2, 0.25) is 0 Å². The second-order valence-electron chi connectivity index (χ2n) is 5.56. The third-order valence-corrected chi connectivity index (χ3v) is 4.03. The third kappa shape index (κ3) is 3.35. The van der Waals surface area contributed by atoms with Crippen LogP contribution in [-0.2, 0) is 25.5 Å². The lowest BCUT2D eigenvalue weighted by atomic mass is 10.1. The van der Waals surface area contributed by atoms with Crippen molar-refractivity contribution in [3.05, 3.63) is 23.3 Å². The number of morpholine rings is 1. The molecule has 24 heavy (non-hydrogen) atoms. The summed E-state index contributed by atoms with van der Waals surface area (Å²) >= 11 is 0. The summed E-state index contributed by atoms with van der Waals surface area (Å²) in [7, 11) is 0. The Morgan fingerprint density at radius 1 is 1.29 bits per heavy atom. The number of hydrogen-bond acceptors (Lipinski definition) is 7. The van der Waals surface area contributed by atoms with Crippen molar-refractivity contribution in [2.75, 3.05) is 32.9 Å². The Kier molecular flexibility index (Phi) is 4.70. The molecule has 1 aliphatic rings. The Hall–Kier alpha value is -2.55. The number of carbonyl (C=O) groups excluding carboxylic acids is 2. The van der Waals surface area contributed by atoms with E-state index in [-0.39, 0.29) is 18.9 Å². The fourth-order valence-corrected chi connectivity index (χ4v) is 2.65. The minimum Gasteiger partial charge on any atom is -0.455 e. The molecule has 0 N–H and O–H groups in total. The largest absolute Gasteiger partial charge is 0.455 e. The normalized spacial score (nSPS) is 14.8. The highest BCUT2D eigenvalue weighted by molar-refractivity contribution is 5.81. The average Bonchev–Trinajstić information content (AvgIpc) is 3.05. The third-order valence-electron chi connectivity index (χ3n) is 4.03. The molecule has 9 nitrogen and oxygen atoms in total. The predicted molar refractivity (Wildman–Crippen MR) is 82.3 cm³/mol. The number of ether oxygens (including phenoxy) is 2. The number of aryl methyl sites for hydroxylation is 2. The molecule has 3 rings (SSSR count). The van der Waals surface area contributed by atoms with Gasteiger partial charge in [-0.25, -0.2) is 9.50 Å². The molecule has 1 aliphatic heterocycles. The minimum atomic E-state index is -0.468. The van der Waals surface area contributed by atoms with Crippen LogP contribution in [0.3, 0.4) is 0 Å². The highest BCUT2D eigenvalue weighted by atomic mass is 16.5. The molecule has 0 atom stereocenters. The Labute approximate surface area is 138 Å². The SMILES string of the molecule is Cc1nc2ncnn2c(C)c1CC(=O)OCC(=O)N1CCOCC1. The summed E-state index contributed by atoms with van der Waals surface area (Å²) < 4.78 is 11.9. The molecule has 2 aromatic heterocycles. The van der Waals surface area contributed by atoms with E-state index in [2.05, 4.69) is 15.1 Å². The van der Waals surface area contributed by atoms with Gasteiger partial charge in [-0.05, 0) is 13.8 Å². The first-order valence-corrected chi connectivity index (χ1v) is 7.73. The molecular weight excluding hydrogens is 314 g/mol. The predicted octanol–water partition coefficient (Wildman–Crippen LogP) is -0.314. The molecule has 9 heteroatoms. The molecular formula is C15H19N5O4. The maximum atomic E-state index is 12.1. The number of rotatable bonds is 4. The van der Waals surface area contributed by atoms with Crippen LogP contribution in [0.1, 0.15) is 17.0 Å². The van der Waals surface area contributed by atoms with E-state index in [0.29, 0.717) is 37.8 Å². The first kappa shape index (κ1) is 16.3. The number of hydrogen-bond donors (Lipinski definition) is 0. The number of fused-ring (bicyclic) bond motifs is 1. The van der Waals surface area contributed by atoms with Gasteiger partial charge in [-0.15, -0.1) is 0 Å². The van der Waals surface area contributed by atoms with E-state index < -0.39 is 5.97 Å². The van der Waals surface area contributed by atoms with E-state index in [1.165, 1.54) is 6.33 Å². The number of amides is 1. The van der Waals surface area contributed by atoms with E-state index in [0.717, 1.165) is 11.3 Å². The molecule has 1 saturated heterocycles. The highest BCUT2D eigenvalue weighted by Crippen LogP contribution is 2.14. The Morgan fingerprint density at radius 3 is 2.79 bits per heavy atom. The average molecular weight is 333 g/mol. The second-order valence-corrected chi connectivity index (χ2v) is 5.56. The van der Waals surface area contributed by atoms with Gasteiger partial charge >= 0.3 is 5.97 Å². The van der Waals surface area contributed by atoms with Crippen LogP contribution in [0.5, 0.6) is 0 Å². The van der Waals surface area contributed by atoms with E-state index in [4.69, 9.17) is 9.47 Å². The van der Waals surface area contributed by atoms with E-state index in [1.54, 1.807) is 9.42 Å². The Bertz CT molecular complexity index is 767. The van der Waals surface area contributed by atoms with Crippen LogP contribution in [0.15, 0.2) is 6.33 Å². The molecule has 128 valence electrons. The molecule has 0 aliphatic carbocycles. The molecule has 3 heterocycles. The summed E-state index contributed by atoms with van der Waals surface area (Å²) in [6, 6.07) is 0. The van der Waals surface area contributed by atoms with Gasteiger partial charge in [0.1, 0.15) is 6.33 Å². The molecule has 2 aromatic rings. The van der Waals surface area contributed by atoms with Crippen LogP contribution in [0, 0.1) is 13.8 Å². The van der Waals surface area contributed by atoms with Gasteiger partial charge in [-0.2, -0.15) is 10.1 Å². The molecule has 0 bridgehead atoms. The van der Waals surface area contributed by atoms with Gasteiger partial charge in [-0.3, -0.25) is 9.59 Å². The van der Waals surface area contributed by atoms with Crippen molar-refractivity contribution in [3.63, 3.8) is 0 Å². The van der Waals surface area contributed by atoms with Gasteiger partial charge in [0.15, 0.2) is 6.61 Å². The van der Waals surface area contributed by atoms with Crippen molar-refractivity contribution in [2.24, 2.45) is 0 Å². The topological polar surface area (TPSA) is 98.9 Å². The Balaban J connectivity index is 1.61. The van der Waals surface area contributed by atoms with Gasteiger partial charge in [0.25, 0.3) is 11.7 Å².